The summed E-state index contributed by atoms with van der Waals surface area (Å²) in [5.41, 5.74) is 7.85. The van der Waals surface area contributed by atoms with Gasteiger partial charge in [0, 0.05) is 25.3 Å². The van der Waals surface area contributed by atoms with E-state index in [1.54, 1.807) is 0 Å². The predicted octanol–water partition coefficient (Wildman–Crippen LogP) is 3.23. The number of nitrogens with two attached hydrogens (primary N) is 1. The summed E-state index contributed by atoms with van der Waals surface area (Å²) in [7, 11) is 0. The number of nitrogens with zero attached hydrogens (tertiary/aromatic N) is 1. The molecule has 0 bridgehead atoms. The van der Waals surface area contributed by atoms with Crippen molar-refractivity contribution in [1.82, 2.24) is 5.32 Å². The molecule has 4 heteroatoms. The molecule has 0 saturated carbocycles. The molecule has 1 amide bonds. The van der Waals surface area contributed by atoms with Crippen molar-refractivity contribution in [3.8, 4) is 0 Å². The van der Waals surface area contributed by atoms with Gasteiger partial charge in [-0.3, -0.25) is 4.79 Å². The van der Waals surface area contributed by atoms with E-state index in [-0.39, 0.29) is 11.9 Å². The lowest BCUT2D eigenvalue weighted by molar-refractivity contribution is -0.131. The predicted molar refractivity (Wildman–Crippen MR) is 96.5 cm³/mol. The van der Waals surface area contributed by atoms with E-state index < -0.39 is 5.41 Å². The molecule has 3 N–H and O–H groups in total. The Hall–Kier alpha value is -1.55. The van der Waals surface area contributed by atoms with E-state index in [0.29, 0.717) is 6.54 Å². The van der Waals surface area contributed by atoms with Gasteiger partial charge in [0.2, 0.25) is 5.91 Å². The van der Waals surface area contributed by atoms with E-state index in [9.17, 15) is 4.79 Å². The molecule has 1 heterocycles. The van der Waals surface area contributed by atoms with Crippen LogP contribution in [-0.4, -0.2) is 25.5 Å². The second kappa shape index (κ2) is 7.82. The summed E-state index contributed by atoms with van der Waals surface area (Å²) in [5.74, 6) is 0.0732. The van der Waals surface area contributed by atoms with Crippen LogP contribution in [-0.2, 0) is 4.79 Å². The molecule has 0 spiro atoms. The molecule has 1 saturated heterocycles. The minimum atomic E-state index is -0.444. The van der Waals surface area contributed by atoms with Crippen LogP contribution in [0.2, 0.25) is 0 Å². The van der Waals surface area contributed by atoms with Crippen molar-refractivity contribution in [3.05, 3.63) is 29.8 Å². The Bertz CT molecular complexity index is 511. The Kier molecular flexibility index (Phi) is 6.05. The SMILES string of the molecule is CCC(CC)(CN)C(=O)NC(C)c1cccc(N2CCCC2)c1. The normalized spacial score (nSPS) is 16.4. The fourth-order valence-electron chi connectivity index (χ4n) is 3.35. The highest BCUT2D eigenvalue weighted by Crippen LogP contribution is 2.28. The molecule has 1 atom stereocenters. The number of nitrogens with one attached hydrogen (secondary N) is 1. The van der Waals surface area contributed by atoms with Crippen molar-refractivity contribution < 1.29 is 4.79 Å². The van der Waals surface area contributed by atoms with Crippen LogP contribution in [0.15, 0.2) is 24.3 Å². The summed E-state index contributed by atoms with van der Waals surface area (Å²) in [5, 5.41) is 3.17. The third-order valence-corrected chi connectivity index (χ3v) is 5.41. The Morgan fingerprint density at radius 1 is 1.30 bits per heavy atom. The number of hydrogen-bond donors (Lipinski definition) is 2. The molecular weight excluding hydrogens is 286 g/mol. The molecule has 23 heavy (non-hydrogen) atoms. The van der Waals surface area contributed by atoms with Crippen LogP contribution in [0.4, 0.5) is 5.69 Å². The molecular formula is C19H31N3O. The molecule has 1 unspecified atom stereocenters. The molecule has 1 aromatic carbocycles. The lowest BCUT2D eigenvalue weighted by Gasteiger charge is -2.30. The highest BCUT2D eigenvalue weighted by molar-refractivity contribution is 5.83. The first-order valence-corrected chi connectivity index (χ1v) is 8.92. The van der Waals surface area contributed by atoms with E-state index in [1.807, 2.05) is 20.8 Å². The zero-order chi connectivity index (χ0) is 16.9. The van der Waals surface area contributed by atoms with Gasteiger partial charge in [0.25, 0.3) is 0 Å². The van der Waals surface area contributed by atoms with Gasteiger partial charge in [0.05, 0.1) is 11.5 Å². The van der Waals surface area contributed by atoms with Gasteiger partial charge in [-0.1, -0.05) is 26.0 Å². The molecule has 1 aromatic rings. The monoisotopic (exact) mass is 317 g/mol. The lowest BCUT2D eigenvalue weighted by atomic mass is 9.81. The largest absolute Gasteiger partial charge is 0.372 e. The topological polar surface area (TPSA) is 58.4 Å². The van der Waals surface area contributed by atoms with E-state index >= 15 is 0 Å². The fourth-order valence-corrected chi connectivity index (χ4v) is 3.35. The average Bonchev–Trinajstić information content (AvgIpc) is 3.11. The van der Waals surface area contributed by atoms with Crippen molar-refractivity contribution in [1.29, 1.82) is 0 Å². The highest BCUT2D eigenvalue weighted by Gasteiger charge is 2.34. The molecule has 0 aliphatic carbocycles. The quantitative estimate of drug-likeness (QED) is 0.812. The Labute approximate surface area is 140 Å². The molecule has 1 aliphatic rings. The van der Waals surface area contributed by atoms with Crippen LogP contribution in [0.3, 0.4) is 0 Å². The highest BCUT2D eigenvalue weighted by atomic mass is 16.2. The molecule has 4 nitrogen and oxygen atoms in total. The smallest absolute Gasteiger partial charge is 0.227 e. The van der Waals surface area contributed by atoms with E-state index in [4.69, 9.17) is 5.73 Å². The summed E-state index contributed by atoms with van der Waals surface area (Å²) in [4.78, 5) is 15.1. The first kappa shape index (κ1) is 17.8. The maximum Gasteiger partial charge on any atom is 0.227 e. The third kappa shape index (κ3) is 3.86. The molecule has 128 valence electrons. The van der Waals surface area contributed by atoms with E-state index in [0.717, 1.165) is 31.5 Å². The first-order chi connectivity index (χ1) is 11.1. The van der Waals surface area contributed by atoms with Gasteiger partial charge in [0.15, 0.2) is 0 Å². The van der Waals surface area contributed by atoms with Crippen molar-refractivity contribution in [2.75, 3.05) is 24.5 Å². The minimum absolute atomic E-state index is 0.00548. The number of carbonyl (C=O) groups excluding carboxylic acids is 1. The first-order valence-electron chi connectivity index (χ1n) is 8.92. The second-order valence-corrected chi connectivity index (χ2v) is 6.68. The zero-order valence-electron chi connectivity index (χ0n) is 14.8. The Morgan fingerprint density at radius 2 is 1.96 bits per heavy atom. The van der Waals surface area contributed by atoms with Gasteiger partial charge in [-0.2, -0.15) is 0 Å². The number of benzene rings is 1. The average molecular weight is 317 g/mol. The summed E-state index contributed by atoms with van der Waals surface area (Å²) < 4.78 is 0. The molecule has 1 aliphatic heterocycles. The number of carbonyl (C=O) groups is 1. The van der Waals surface area contributed by atoms with Gasteiger partial charge >= 0.3 is 0 Å². The number of amides is 1. The van der Waals surface area contributed by atoms with Gasteiger partial charge in [-0.25, -0.2) is 0 Å². The Balaban J connectivity index is 2.09. The summed E-state index contributed by atoms with van der Waals surface area (Å²) in [6.45, 7) is 8.78. The van der Waals surface area contributed by atoms with E-state index in [2.05, 4.69) is 34.5 Å². The summed E-state index contributed by atoms with van der Waals surface area (Å²) in [6.07, 6.45) is 4.07. The zero-order valence-corrected chi connectivity index (χ0v) is 14.8. The van der Waals surface area contributed by atoms with Gasteiger partial charge in [-0.15, -0.1) is 0 Å². The van der Waals surface area contributed by atoms with E-state index in [1.165, 1.54) is 18.5 Å². The van der Waals surface area contributed by atoms with Crippen LogP contribution in [0.25, 0.3) is 0 Å². The van der Waals surface area contributed by atoms with Crippen LogP contribution in [0, 0.1) is 5.41 Å². The standard InChI is InChI=1S/C19H31N3O/c1-4-19(5-2,14-20)18(23)21-15(3)16-9-8-10-17(13-16)22-11-6-7-12-22/h8-10,13,15H,4-7,11-12,14,20H2,1-3H3,(H,21,23). The summed E-state index contributed by atoms with van der Waals surface area (Å²) in [6, 6.07) is 8.53. The Morgan fingerprint density at radius 3 is 2.52 bits per heavy atom. The maximum atomic E-state index is 12.7. The second-order valence-electron chi connectivity index (χ2n) is 6.68. The van der Waals surface area contributed by atoms with Crippen molar-refractivity contribution in [2.24, 2.45) is 11.1 Å². The third-order valence-electron chi connectivity index (χ3n) is 5.41. The summed E-state index contributed by atoms with van der Waals surface area (Å²) >= 11 is 0. The van der Waals surface area contributed by atoms with Gasteiger partial charge in [-0.05, 0) is 50.3 Å². The minimum Gasteiger partial charge on any atom is -0.372 e. The van der Waals surface area contributed by atoms with Crippen molar-refractivity contribution in [3.63, 3.8) is 0 Å². The van der Waals surface area contributed by atoms with Crippen molar-refractivity contribution in [2.45, 2.75) is 52.5 Å². The van der Waals surface area contributed by atoms with Gasteiger partial charge < -0.3 is 16.0 Å². The number of hydrogen-bond acceptors (Lipinski definition) is 3. The number of anilines is 1. The van der Waals surface area contributed by atoms with Gasteiger partial charge in [0.1, 0.15) is 0 Å². The molecule has 2 rings (SSSR count). The van der Waals surface area contributed by atoms with Crippen molar-refractivity contribution >= 4 is 11.6 Å². The molecule has 0 aromatic heterocycles. The fraction of sp³-hybridized carbons (Fsp3) is 0.632. The molecule has 1 fully saturated rings. The maximum absolute atomic E-state index is 12.7. The lowest BCUT2D eigenvalue weighted by Crippen LogP contribution is -2.46. The molecule has 0 radical (unpaired) electrons. The van der Waals surface area contributed by atoms with Crippen LogP contribution in [0.5, 0.6) is 0 Å². The van der Waals surface area contributed by atoms with Crippen LogP contribution in [0.1, 0.15) is 58.1 Å². The van der Waals surface area contributed by atoms with Crippen LogP contribution < -0.4 is 16.0 Å². The van der Waals surface area contributed by atoms with Crippen LogP contribution >= 0.6 is 0 Å². The number of rotatable bonds is 7.